The van der Waals surface area contributed by atoms with E-state index in [0.29, 0.717) is 84.0 Å². The Morgan fingerprint density at radius 2 is 0.955 bits per heavy atom. The number of rotatable bonds is 22. The Morgan fingerprint density at radius 1 is 0.567 bits per heavy atom. The van der Waals surface area contributed by atoms with Gasteiger partial charge >= 0.3 is 11.9 Å². The number of anilines is 2. The van der Waals surface area contributed by atoms with Crippen LogP contribution in [0.25, 0.3) is 12.2 Å². The van der Waals surface area contributed by atoms with Crippen molar-refractivity contribution < 1.29 is 48.3 Å². The molecule has 0 bridgehead atoms. The smallest absolute Gasteiger partial charge is 0.314 e. The van der Waals surface area contributed by atoms with Gasteiger partial charge in [0.1, 0.15) is 11.5 Å². The van der Waals surface area contributed by atoms with Gasteiger partial charge in [0.05, 0.1) is 37.3 Å². The predicted molar refractivity (Wildman–Crippen MR) is 259 cm³/mol. The third-order valence-corrected chi connectivity index (χ3v) is 12.6. The topological polar surface area (TPSA) is 198 Å². The summed E-state index contributed by atoms with van der Waals surface area (Å²) in [5.41, 5.74) is 13.6. The third kappa shape index (κ3) is 14.3. The molecule has 2 saturated carbocycles. The number of benzene rings is 4. The lowest BCUT2D eigenvalue weighted by molar-refractivity contribution is -0.230. The minimum absolute atomic E-state index is 0.100. The first-order chi connectivity index (χ1) is 32.2. The average molecular weight is 911 g/mol. The van der Waals surface area contributed by atoms with Crippen molar-refractivity contribution in [3.05, 3.63) is 157 Å². The van der Waals surface area contributed by atoms with Crippen molar-refractivity contribution in [2.24, 2.45) is 17.3 Å². The number of ketones is 2. The Kier molecular flexibility index (Phi) is 17.8. The number of hydrogen-bond acceptors (Lipinski definition) is 12. The molecule has 2 fully saturated rings. The number of hydrogen-bond donors (Lipinski definition) is 4. The van der Waals surface area contributed by atoms with Crippen LogP contribution in [0.3, 0.4) is 0 Å². The molecule has 12 nitrogen and oxygen atoms in total. The lowest BCUT2D eigenvalue weighted by atomic mass is 9.65. The zero-order valence-corrected chi connectivity index (χ0v) is 37.9. The Labute approximate surface area is 393 Å². The van der Waals surface area contributed by atoms with E-state index in [-0.39, 0.29) is 48.8 Å². The molecule has 2 aliphatic carbocycles. The van der Waals surface area contributed by atoms with Gasteiger partial charge in [0.15, 0.2) is 5.78 Å². The second-order valence-electron chi connectivity index (χ2n) is 17.6. The molecule has 67 heavy (non-hydrogen) atoms. The summed E-state index contributed by atoms with van der Waals surface area (Å²) in [5.74, 6) is -4.95. The van der Waals surface area contributed by atoms with E-state index in [2.05, 4.69) is 13.2 Å². The standard InChI is InChI=1S/C55H62N2O10/c1-3-33-64-47-28-15-42(16-29-47)52(60)66-49-24-10-38(11-25-49)9-23-46(58)37-54(35-40-5-19-44(56)20-6-40,36-41-7-21-45(57)22-8-41)55(62,63)51(59)32-14-39-12-26-50(27-13-39)67-53(61)43-17-30-48(31-18-43)65-34-4-2/h3-14,19-27,32,42-43,47-48,62-63H,1-2,15-18,28-31,33-37,56-57H2. The van der Waals surface area contributed by atoms with Crippen LogP contribution in [0.5, 0.6) is 11.5 Å². The molecule has 352 valence electrons. The summed E-state index contributed by atoms with van der Waals surface area (Å²) in [6.07, 6.45) is 14.2. The summed E-state index contributed by atoms with van der Waals surface area (Å²) in [6.45, 7) is 8.33. The van der Waals surface area contributed by atoms with Gasteiger partial charge in [-0.3, -0.25) is 19.2 Å². The molecule has 6 rings (SSSR count). The van der Waals surface area contributed by atoms with Crippen LogP contribution < -0.4 is 20.9 Å². The van der Waals surface area contributed by atoms with Gasteiger partial charge < -0.3 is 40.6 Å². The SMILES string of the molecule is C=CCOC1CCC(C(=O)Oc2ccc(C=CC(=O)CC(Cc3ccc(N)cc3)(Cc3ccc(N)cc3)C(O)(O)C(=O)C=Cc3ccc(OC(=O)C4CCC(OCC=C)CC4)cc3)cc2)CC1. The van der Waals surface area contributed by atoms with Crippen LogP contribution in [0.15, 0.2) is 135 Å². The molecule has 0 atom stereocenters. The van der Waals surface area contributed by atoms with Crippen molar-refractivity contribution in [2.75, 3.05) is 24.7 Å². The quantitative estimate of drug-likeness (QED) is 0.0147. The molecule has 0 spiro atoms. The maximum Gasteiger partial charge on any atom is 0.314 e. The summed E-state index contributed by atoms with van der Waals surface area (Å²) in [6, 6.07) is 26.8. The predicted octanol–water partition coefficient (Wildman–Crippen LogP) is 8.59. The Hall–Kier alpha value is -6.44. The number of nitrogen functional groups attached to an aromatic ring is 2. The fraction of sp³-hybridized carbons (Fsp3) is 0.345. The molecule has 0 radical (unpaired) electrons. The fourth-order valence-corrected chi connectivity index (χ4v) is 8.77. The largest absolute Gasteiger partial charge is 0.426 e. The van der Waals surface area contributed by atoms with Crippen molar-refractivity contribution in [3.63, 3.8) is 0 Å². The molecule has 0 amide bonds. The molecule has 2 aliphatic rings. The number of allylic oxidation sites excluding steroid dienone is 1. The summed E-state index contributed by atoms with van der Waals surface area (Å²) in [7, 11) is 0. The van der Waals surface area contributed by atoms with Gasteiger partial charge in [-0.05, 0) is 147 Å². The summed E-state index contributed by atoms with van der Waals surface area (Å²) in [4.78, 5) is 54.2. The maximum atomic E-state index is 14.2. The fourth-order valence-electron chi connectivity index (χ4n) is 8.77. The lowest BCUT2D eigenvalue weighted by Gasteiger charge is -2.42. The van der Waals surface area contributed by atoms with Gasteiger partial charge in [0.2, 0.25) is 11.6 Å². The molecule has 0 aromatic heterocycles. The second-order valence-corrected chi connectivity index (χ2v) is 17.6. The molecule has 4 aromatic carbocycles. The monoisotopic (exact) mass is 910 g/mol. The molecule has 12 heteroatoms. The molecule has 6 N–H and O–H groups in total. The number of esters is 2. The van der Waals surface area contributed by atoms with Gasteiger partial charge in [-0.1, -0.05) is 72.8 Å². The summed E-state index contributed by atoms with van der Waals surface area (Å²) in [5, 5.41) is 24.4. The maximum absolute atomic E-state index is 14.2. The van der Waals surface area contributed by atoms with Crippen molar-refractivity contribution >= 4 is 47.0 Å². The molecule has 0 aliphatic heterocycles. The van der Waals surface area contributed by atoms with Crippen LogP contribution in [0.1, 0.15) is 80.0 Å². The van der Waals surface area contributed by atoms with E-state index >= 15 is 0 Å². The normalized spacial score (nSPS) is 18.9. The van der Waals surface area contributed by atoms with Crippen LogP contribution in [-0.2, 0) is 41.5 Å². The van der Waals surface area contributed by atoms with Gasteiger partial charge in [-0.15, -0.1) is 13.2 Å². The number of ether oxygens (including phenoxy) is 4. The minimum atomic E-state index is -3.08. The highest BCUT2D eigenvalue weighted by Gasteiger charge is 2.54. The highest BCUT2D eigenvalue weighted by molar-refractivity contribution is 6.01. The summed E-state index contributed by atoms with van der Waals surface area (Å²) < 4.78 is 22.8. The van der Waals surface area contributed by atoms with E-state index in [1.807, 2.05) is 0 Å². The Morgan fingerprint density at radius 3 is 1.34 bits per heavy atom. The van der Waals surface area contributed by atoms with Gasteiger partial charge in [0.25, 0.3) is 0 Å². The van der Waals surface area contributed by atoms with Crippen molar-refractivity contribution in [2.45, 2.75) is 88.6 Å². The Balaban J connectivity index is 1.17. The first-order valence-electron chi connectivity index (χ1n) is 22.9. The lowest BCUT2D eigenvalue weighted by Crippen LogP contribution is -2.57. The van der Waals surface area contributed by atoms with E-state index < -0.39 is 29.2 Å². The van der Waals surface area contributed by atoms with E-state index in [1.54, 1.807) is 115 Å². The van der Waals surface area contributed by atoms with Crippen LogP contribution in [0, 0.1) is 17.3 Å². The van der Waals surface area contributed by atoms with E-state index in [9.17, 15) is 29.4 Å². The van der Waals surface area contributed by atoms with Crippen molar-refractivity contribution in [1.29, 1.82) is 0 Å². The van der Waals surface area contributed by atoms with Gasteiger partial charge in [0, 0.05) is 23.2 Å². The molecule has 0 heterocycles. The number of nitrogens with two attached hydrogens (primary N) is 2. The molecule has 0 saturated heterocycles. The van der Waals surface area contributed by atoms with Gasteiger partial charge in [-0.2, -0.15) is 0 Å². The van der Waals surface area contributed by atoms with E-state index in [4.69, 9.17) is 30.4 Å². The molecule has 0 unspecified atom stereocenters. The minimum Gasteiger partial charge on any atom is -0.426 e. The Bertz CT molecular complexity index is 2310. The van der Waals surface area contributed by atoms with Crippen LogP contribution >= 0.6 is 0 Å². The third-order valence-electron chi connectivity index (χ3n) is 12.6. The molecule has 4 aromatic rings. The number of carbonyl (C=O) groups is 4. The second kappa shape index (κ2) is 23.8. The number of aliphatic hydroxyl groups is 2. The van der Waals surface area contributed by atoms with Gasteiger partial charge in [-0.25, -0.2) is 0 Å². The van der Waals surface area contributed by atoms with Crippen LogP contribution in [0.4, 0.5) is 11.4 Å². The van der Waals surface area contributed by atoms with Crippen LogP contribution in [0.2, 0.25) is 0 Å². The highest BCUT2D eigenvalue weighted by atomic mass is 16.5. The van der Waals surface area contributed by atoms with Crippen LogP contribution in [-0.4, -0.2) is 64.9 Å². The van der Waals surface area contributed by atoms with Crippen molar-refractivity contribution in [3.8, 4) is 11.5 Å². The first kappa shape index (κ1) is 50.0. The zero-order valence-electron chi connectivity index (χ0n) is 37.9. The van der Waals surface area contributed by atoms with E-state index in [0.717, 1.165) is 31.8 Å². The first-order valence-corrected chi connectivity index (χ1v) is 22.9. The summed E-state index contributed by atoms with van der Waals surface area (Å²) >= 11 is 0. The van der Waals surface area contributed by atoms with Crippen molar-refractivity contribution in [1.82, 2.24) is 0 Å². The highest BCUT2D eigenvalue weighted by Crippen LogP contribution is 2.43. The zero-order chi connectivity index (χ0) is 47.8. The number of carbonyl (C=O) groups excluding carboxylic acids is 4. The molecular formula is C55H62N2O10. The van der Waals surface area contributed by atoms with E-state index in [1.165, 1.54) is 12.2 Å². The molecular weight excluding hydrogens is 849 g/mol. The average Bonchev–Trinajstić information content (AvgIpc) is 3.33.